The number of alkyl halides is 3. The number of Topliss-reactive ketones (excluding diaryl/α,β-unsaturated/α-hetero) is 2. The number of aliphatic hydroxyl groups is 2. The Morgan fingerprint density at radius 2 is 1.18 bits per heavy atom. The van der Waals surface area contributed by atoms with Crippen LogP contribution >= 0.6 is 0 Å². The van der Waals surface area contributed by atoms with Gasteiger partial charge < -0.3 is 30.2 Å². The van der Waals surface area contributed by atoms with Crippen LogP contribution in [0.2, 0.25) is 0 Å². The van der Waals surface area contributed by atoms with E-state index in [0.717, 1.165) is 88.1 Å². The Kier molecular flexibility index (Phi) is 15.3. The normalized spacial score (nSPS) is 18.0. The van der Waals surface area contributed by atoms with Gasteiger partial charge in [0.2, 0.25) is 17.5 Å². The first-order chi connectivity index (χ1) is 26.9. The molecule has 1 saturated heterocycles. The maximum Gasteiger partial charge on any atom is 0.416 e. The number of likely N-dealkylation sites (N-methyl/N-ethyl adjacent to an activating group) is 1. The van der Waals surface area contributed by atoms with Crippen LogP contribution in [0.25, 0.3) is 0 Å². The standard InChI is InChI=1S/C25H37F3N2O.C18H14O8/c1-3-29(19(2)17-20-9-11-23(12-10-20)25(26,27)28)18-21-13-15-30(16-14-21)24(31)22-7-5-4-6-8-22;19-13(11-7-3-1-4-8-11)17(25,15(21)22)18(26,16(23)24)14(20)12-9-5-2-6-10-12/h9-12,19,21-22H,3-8,13-18H2,1-2H3;1-10,25-26H,(H,21,22)(H,23,24). The average Bonchev–Trinajstić information content (AvgIpc) is 3.22. The number of carbonyl (C=O) groups is 5. The molecule has 0 bridgehead atoms. The maximum absolute atomic E-state index is 12.8. The molecule has 308 valence electrons. The molecule has 3 unspecified atom stereocenters. The van der Waals surface area contributed by atoms with Crippen molar-refractivity contribution in [3.8, 4) is 0 Å². The molecule has 3 aromatic rings. The largest absolute Gasteiger partial charge is 0.479 e. The summed E-state index contributed by atoms with van der Waals surface area (Å²) >= 11 is 0. The first kappa shape index (κ1) is 44.8. The van der Waals surface area contributed by atoms with E-state index in [4.69, 9.17) is 0 Å². The zero-order valence-corrected chi connectivity index (χ0v) is 32.2. The zero-order chi connectivity index (χ0) is 42.0. The summed E-state index contributed by atoms with van der Waals surface area (Å²) in [5.41, 5.74) is -8.34. The molecular formula is C43H51F3N2O9. The second-order valence-corrected chi connectivity index (χ2v) is 14.9. The number of aliphatic carboxylic acids is 2. The van der Waals surface area contributed by atoms with Crippen molar-refractivity contribution >= 4 is 29.4 Å². The predicted octanol–water partition coefficient (Wildman–Crippen LogP) is 6.16. The minimum atomic E-state index is -4.28. The third-order valence-electron chi connectivity index (χ3n) is 11.1. The van der Waals surface area contributed by atoms with Gasteiger partial charge in [0, 0.05) is 42.7 Å². The molecule has 5 rings (SSSR count). The van der Waals surface area contributed by atoms with Crippen molar-refractivity contribution in [3.05, 3.63) is 107 Å². The van der Waals surface area contributed by atoms with Crippen LogP contribution in [0.15, 0.2) is 84.9 Å². The highest BCUT2D eigenvalue weighted by Gasteiger charge is 2.69. The quantitative estimate of drug-likeness (QED) is 0.109. The number of hydrogen-bond acceptors (Lipinski definition) is 8. The number of carboxylic acids is 2. The van der Waals surface area contributed by atoms with Gasteiger partial charge in [0.05, 0.1) is 5.56 Å². The van der Waals surface area contributed by atoms with Gasteiger partial charge in [-0.1, -0.05) is 99.0 Å². The molecule has 1 aliphatic heterocycles. The van der Waals surface area contributed by atoms with Gasteiger partial charge in [-0.25, -0.2) is 9.59 Å². The average molecular weight is 797 g/mol. The summed E-state index contributed by atoms with van der Waals surface area (Å²) in [6.45, 7) is 7.94. The Labute approximate surface area is 330 Å². The fourth-order valence-electron chi connectivity index (χ4n) is 7.63. The Balaban J connectivity index is 0.000000257. The van der Waals surface area contributed by atoms with Crippen LogP contribution in [0.1, 0.15) is 90.6 Å². The summed E-state index contributed by atoms with van der Waals surface area (Å²) in [6.07, 6.45) is 4.31. The van der Waals surface area contributed by atoms with E-state index in [1.165, 1.54) is 67.8 Å². The molecule has 1 aliphatic carbocycles. The number of likely N-dealkylation sites (tertiary alicyclic amines) is 1. The minimum absolute atomic E-state index is 0.251. The number of halogens is 3. The molecule has 1 amide bonds. The topological polar surface area (TPSA) is 173 Å². The van der Waals surface area contributed by atoms with Gasteiger partial charge in [-0.2, -0.15) is 13.2 Å². The van der Waals surface area contributed by atoms with Crippen LogP contribution in [0.3, 0.4) is 0 Å². The lowest BCUT2D eigenvalue weighted by molar-refractivity contribution is -0.187. The molecule has 14 heteroatoms. The number of ketones is 2. The lowest BCUT2D eigenvalue weighted by Crippen LogP contribution is -2.71. The number of amides is 1. The predicted molar refractivity (Wildman–Crippen MR) is 204 cm³/mol. The van der Waals surface area contributed by atoms with Gasteiger partial charge >= 0.3 is 18.1 Å². The van der Waals surface area contributed by atoms with Crippen LogP contribution in [0.5, 0.6) is 0 Å². The molecule has 3 aromatic carbocycles. The maximum atomic E-state index is 12.8. The highest BCUT2D eigenvalue weighted by molar-refractivity contribution is 6.28. The lowest BCUT2D eigenvalue weighted by Gasteiger charge is -2.38. The van der Waals surface area contributed by atoms with E-state index in [0.29, 0.717) is 11.8 Å². The van der Waals surface area contributed by atoms with Gasteiger partial charge in [-0.15, -0.1) is 0 Å². The molecule has 1 saturated carbocycles. The minimum Gasteiger partial charge on any atom is -0.479 e. The summed E-state index contributed by atoms with van der Waals surface area (Å²) in [6, 6.07) is 18.6. The van der Waals surface area contributed by atoms with E-state index in [-0.39, 0.29) is 12.0 Å². The van der Waals surface area contributed by atoms with Crippen LogP contribution < -0.4 is 0 Å². The van der Waals surface area contributed by atoms with Gasteiger partial charge in [-0.05, 0) is 69.2 Å². The van der Waals surface area contributed by atoms with Crippen molar-refractivity contribution in [1.29, 1.82) is 0 Å². The van der Waals surface area contributed by atoms with Crippen molar-refractivity contribution in [3.63, 3.8) is 0 Å². The first-order valence-electron chi connectivity index (χ1n) is 19.2. The second kappa shape index (κ2) is 19.5. The van der Waals surface area contributed by atoms with E-state index < -0.39 is 57.6 Å². The molecule has 4 N–H and O–H groups in total. The highest BCUT2D eigenvalue weighted by atomic mass is 19.4. The fraction of sp³-hybridized carbons (Fsp3) is 0.465. The summed E-state index contributed by atoms with van der Waals surface area (Å²) in [4.78, 5) is 65.8. The highest BCUT2D eigenvalue weighted by Crippen LogP contribution is 2.33. The Morgan fingerprint density at radius 3 is 1.58 bits per heavy atom. The molecule has 11 nitrogen and oxygen atoms in total. The summed E-state index contributed by atoms with van der Waals surface area (Å²) in [5.74, 6) is -6.83. The molecule has 1 heterocycles. The van der Waals surface area contributed by atoms with Crippen molar-refractivity contribution in [1.82, 2.24) is 9.80 Å². The Morgan fingerprint density at radius 1 is 0.719 bits per heavy atom. The van der Waals surface area contributed by atoms with Crippen molar-refractivity contribution in [2.24, 2.45) is 11.8 Å². The molecule has 57 heavy (non-hydrogen) atoms. The summed E-state index contributed by atoms with van der Waals surface area (Å²) in [7, 11) is 0. The van der Waals surface area contributed by atoms with E-state index in [1.807, 2.05) is 0 Å². The third-order valence-corrected chi connectivity index (χ3v) is 11.1. The molecule has 0 radical (unpaired) electrons. The second-order valence-electron chi connectivity index (χ2n) is 14.9. The number of benzene rings is 3. The summed E-state index contributed by atoms with van der Waals surface area (Å²) in [5, 5.41) is 39.9. The number of piperidine rings is 1. The molecule has 2 fully saturated rings. The van der Waals surface area contributed by atoms with E-state index in [1.54, 1.807) is 12.1 Å². The van der Waals surface area contributed by atoms with Crippen molar-refractivity contribution in [2.75, 3.05) is 26.2 Å². The SMILES string of the molecule is CCN(CC1CCN(C(=O)C2CCCCC2)CC1)C(C)Cc1ccc(C(F)(F)F)cc1.O=C(O)C(O)(C(=O)c1ccccc1)C(O)(C(=O)O)C(=O)c1ccccc1. The van der Waals surface area contributed by atoms with E-state index in [2.05, 4.69) is 23.6 Å². The number of hydrogen-bond donors (Lipinski definition) is 4. The van der Waals surface area contributed by atoms with Crippen LogP contribution in [0.4, 0.5) is 13.2 Å². The van der Waals surface area contributed by atoms with Crippen molar-refractivity contribution in [2.45, 2.75) is 88.6 Å². The molecular weight excluding hydrogens is 745 g/mol. The monoisotopic (exact) mass is 796 g/mol. The molecule has 2 aliphatic rings. The van der Waals surface area contributed by atoms with Crippen LogP contribution in [-0.2, 0) is 27.0 Å². The summed E-state index contributed by atoms with van der Waals surface area (Å²) < 4.78 is 38.3. The molecule has 0 aromatic heterocycles. The van der Waals surface area contributed by atoms with Gasteiger partial charge in [0.1, 0.15) is 0 Å². The van der Waals surface area contributed by atoms with Crippen molar-refractivity contribution < 1.29 is 57.6 Å². The van der Waals surface area contributed by atoms with Gasteiger partial charge in [-0.3, -0.25) is 14.4 Å². The van der Waals surface area contributed by atoms with Gasteiger partial charge in [0.25, 0.3) is 11.2 Å². The van der Waals surface area contributed by atoms with E-state index >= 15 is 0 Å². The van der Waals surface area contributed by atoms with Gasteiger partial charge in [0.15, 0.2) is 0 Å². The van der Waals surface area contributed by atoms with Crippen LogP contribution in [0, 0.1) is 11.8 Å². The zero-order valence-electron chi connectivity index (χ0n) is 32.2. The molecule has 3 atom stereocenters. The first-order valence-corrected chi connectivity index (χ1v) is 19.2. The van der Waals surface area contributed by atoms with Crippen LogP contribution in [-0.4, -0.2) is 103 Å². The lowest BCUT2D eigenvalue weighted by atomic mass is 9.73. The Bertz CT molecular complexity index is 1750. The number of carbonyl (C=O) groups excluding carboxylic acids is 3. The Hall–Kier alpha value is -4.92. The van der Waals surface area contributed by atoms with E-state index in [9.17, 15) is 57.6 Å². The third kappa shape index (κ3) is 10.5. The molecule has 0 spiro atoms. The fourth-order valence-corrected chi connectivity index (χ4v) is 7.63. The number of nitrogens with zero attached hydrogens (tertiary/aromatic N) is 2. The number of carboxylic acid groups (broad SMARTS) is 2. The smallest absolute Gasteiger partial charge is 0.416 e. The number of rotatable bonds is 14.